The number of nitrogens with zero attached hydrogens (tertiary/aromatic N) is 3. The fourth-order valence-electron chi connectivity index (χ4n) is 0.834. The molecule has 2 aromatic rings. The average Bonchev–Trinajstić information content (AvgIpc) is 2.56. The van der Waals surface area contributed by atoms with Crippen LogP contribution in [0.2, 0.25) is 0 Å². The molecule has 2 rings (SSSR count). The van der Waals surface area contributed by atoms with E-state index in [9.17, 15) is 0 Å². The maximum Gasteiger partial charge on any atom is 0.147 e. The molecule has 0 aliphatic heterocycles. The molecule has 2 heterocycles. The zero-order valence-corrected chi connectivity index (χ0v) is 8.91. The second-order valence-corrected chi connectivity index (χ2v) is 4.05. The Morgan fingerprint density at radius 2 is 2.33 bits per heavy atom. The molecule has 60 valence electrons. The Bertz CT molecular complexity index is 374. The molecule has 0 N–H and O–H groups in total. The largest absolute Gasteiger partial charge is 0.250 e. The molecule has 3 nitrogen and oxygen atoms in total. The van der Waals surface area contributed by atoms with Crippen molar-refractivity contribution in [1.29, 1.82) is 0 Å². The van der Waals surface area contributed by atoms with Crippen molar-refractivity contribution in [3.63, 3.8) is 0 Å². The summed E-state index contributed by atoms with van der Waals surface area (Å²) in [4.78, 5) is 4.09. The summed E-state index contributed by atoms with van der Waals surface area (Å²) in [5, 5.41) is 8.68. The third kappa shape index (κ3) is 1.61. The van der Waals surface area contributed by atoms with Crippen molar-refractivity contribution >= 4 is 33.9 Å². The number of halogens is 1. The van der Waals surface area contributed by atoms with Gasteiger partial charge in [-0.25, -0.2) is 0 Å². The second kappa shape index (κ2) is 3.44. The summed E-state index contributed by atoms with van der Waals surface area (Å²) in [5.41, 5.74) is 2.81. The van der Waals surface area contributed by atoms with Gasteiger partial charge in [-0.05, 0) is 34.7 Å². The maximum atomic E-state index is 4.09. The van der Waals surface area contributed by atoms with Gasteiger partial charge in [-0.3, -0.25) is 4.98 Å². The van der Waals surface area contributed by atoms with Gasteiger partial charge in [-0.15, -0.1) is 10.2 Å². The molecule has 0 amide bonds. The predicted molar refractivity (Wildman–Crippen MR) is 55.9 cm³/mol. The van der Waals surface area contributed by atoms with Gasteiger partial charge in [0.15, 0.2) is 0 Å². The highest BCUT2D eigenvalue weighted by Gasteiger charge is 2.00. The van der Waals surface area contributed by atoms with Crippen molar-refractivity contribution in [1.82, 2.24) is 15.2 Å². The van der Waals surface area contributed by atoms with Crippen LogP contribution in [0.1, 0.15) is 0 Å². The standard InChI is InChI=1S/C7H4IN3S/c8-6-3-5(1-2-9-6)7-11-10-4-12-7/h1-4H. The van der Waals surface area contributed by atoms with Crippen LogP contribution in [0.3, 0.4) is 0 Å². The minimum Gasteiger partial charge on any atom is -0.250 e. The van der Waals surface area contributed by atoms with Gasteiger partial charge in [0.05, 0.1) is 0 Å². The summed E-state index contributed by atoms with van der Waals surface area (Å²) in [6.07, 6.45) is 1.78. The molecule has 0 bridgehead atoms. The summed E-state index contributed by atoms with van der Waals surface area (Å²) in [5.74, 6) is 0. The molecule has 0 radical (unpaired) electrons. The summed E-state index contributed by atoms with van der Waals surface area (Å²) in [6.45, 7) is 0. The van der Waals surface area contributed by atoms with Crippen LogP contribution in [0.25, 0.3) is 10.6 Å². The molecule has 5 heteroatoms. The highest BCUT2D eigenvalue weighted by molar-refractivity contribution is 14.1. The lowest BCUT2D eigenvalue weighted by Crippen LogP contribution is -1.81. The minimum atomic E-state index is 0.940. The molecule has 0 aliphatic rings. The summed E-state index contributed by atoms with van der Waals surface area (Å²) < 4.78 is 0.973. The molecule has 0 aromatic carbocycles. The zero-order chi connectivity index (χ0) is 8.39. The smallest absolute Gasteiger partial charge is 0.147 e. The van der Waals surface area contributed by atoms with E-state index in [1.807, 2.05) is 12.1 Å². The lowest BCUT2D eigenvalue weighted by Gasteiger charge is -1.93. The molecule has 0 spiro atoms. The van der Waals surface area contributed by atoms with Crippen LogP contribution < -0.4 is 0 Å². The van der Waals surface area contributed by atoms with Gasteiger partial charge in [0.1, 0.15) is 14.2 Å². The summed E-state index contributed by atoms with van der Waals surface area (Å²) in [6, 6.07) is 3.92. The first-order chi connectivity index (χ1) is 5.86. The number of rotatable bonds is 1. The van der Waals surface area contributed by atoms with Crippen molar-refractivity contribution in [3.05, 3.63) is 27.5 Å². The molecule has 2 aromatic heterocycles. The Morgan fingerprint density at radius 1 is 1.42 bits per heavy atom. The fraction of sp³-hybridized carbons (Fsp3) is 0. The first-order valence-electron chi connectivity index (χ1n) is 3.24. The third-order valence-corrected chi connectivity index (χ3v) is 2.66. The minimum absolute atomic E-state index is 0.940. The van der Waals surface area contributed by atoms with E-state index in [2.05, 4.69) is 37.8 Å². The van der Waals surface area contributed by atoms with Crippen molar-refractivity contribution in [2.24, 2.45) is 0 Å². The van der Waals surface area contributed by atoms with Crippen LogP contribution in [0.5, 0.6) is 0 Å². The first-order valence-corrected chi connectivity index (χ1v) is 5.20. The highest BCUT2D eigenvalue weighted by atomic mass is 127. The molecule has 0 unspecified atom stereocenters. The zero-order valence-electron chi connectivity index (χ0n) is 5.94. The Balaban J connectivity index is 2.48. The number of hydrogen-bond donors (Lipinski definition) is 0. The quantitative estimate of drug-likeness (QED) is 0.597. The molecular formula is C7H4IN3S. The molecule has 0 aliphatic carbocycles. The predicted octanol–water partition coefficient (Wildman–Crippen LogP) is 2.20. The molecule has 12 heavy (non-hydrogen) atoms. The van der Waals surface area contributed by atoms with Crippen LogP contribution >= 0.6 is 33.9 Å². The highest BCUT2D eigenvalue weighted by Crippen LogP contribution is 2.20. The van der Waals surface area contributed by atoms with E-state index in [4.69, 9.17) is 0 Å². The first kappa shape index (κ1) is 8.06. The fourth-order valence-corrected chi connectivity index (χ4v) is 1.88. The van der Waals surface area contributed by atoms with Crippen molar-refractivity contribution in [3.8, 4) is 10.6 Å². The Kier molecular flexibility index (Phi) is 2.31. The van der Waals surface area contributed by atoms with E-state index in [-0.39, 0.29) is 0 Å². The van der Waals surface area contributed by atoms with Gasteiger partial charge in [-0.2, -0.15) is 0 Å². The lowest BCUT2D eigenvalue weighted by molar-refractivity contribution is 1.09. The van der Waals surface area contributed by atoms with Crippen LogP contribution in [0.15, 0.2) is 23.8 Å². The number of aromatic nitrogens is 3. The van der Waals surface area contributed by atoms with Crippen molar-refractivity contribution in [2.45, 2.75) is 0 Å². The third-order valence-electron chi connectivity index (χ3n) is 1.33. The van der Waals surface area contributed by atoms with E-state index in [0.717, 1.165) is 14.3 Å². The molecule has 0 saturated heterocycles. The molecular weight excluding hydrogens is 285 g/mol. The summed E-state index contributed by atoms with van der Waals surface area (Å²) >= 11 is 3.71. The SMILES string of the molecule is Ic1cc(-c2nncs2)ccn1. The monoisotopic (exact) mass is 289 g/mol. The molecule has 0 atom stereocenters. The van der Waals surface area contributed by atoms with E-state index < -0.39 is 0 Å². The number of hydrogen-bond acceptors (Lipinski definition) is 4. The van der Waals surface area contributed by atoms with Gasteiger partial charge >= 0.3 is 0 Å². The van der Waals surface area contributed by atoms with Gasteiger partial charge < -0.3 is 0 Å². The van der Waals surface area contributed by atoms with E-state index in [1.54, 1.807) is 11.7 Å². The van der Waals surface area contributed by atoms with Crippen LogP contribution in [-0.4, -0.2) is 15.2 Å². The Hall–Kier alpha value is -0.560. The van der Waals surface area contributed by atoms with Gasteiger partial charge in [-0.1, -0.05) is 11.3 Å². The average molecular weight is 289 g/mol. The molecule has 0 saturated carbocycles. The Morgan fingerprint density at radius 3 is 3.00 bits per heavy atom. The second-order valence-electron chi connectivity index (χ2n) is 2.11. The van der Waals surface area contributed by atoms with Gasteiger partial charge in [0, 0.05) is 11.8 Å². The normalized spacial score (nSPS) is 10.1. The van der Waals surface area contributed by atoms with E-state index in [0.29, 0.717) is 0 Å². The van der Waals surface area contributed by atoms with Crippen LogP contribution in [0, 0.1) is 3.70 Å². The van der Waals surface area contributed by atoms with E-state index >= 15 is 0 Å². The topological polar surface area (TPSA) is 38.7 Å². The van der Waals surface area contributed by atoms with Crippen molar-refractivity contribution < 1.29 is 0 Å². The molecule has 0 fully saturated rings. The van der Waals surface area contributed by atoms with Gasteiger partial charge in [0.25, 0.3) is 0 Å². The van der Waals surface area contributed by atoms with Gasteiger partial charge in [0.2, 0.25) is 0 Å². The van der Waals surface area contributed by atoms with Crippen molar-refractivity contribution in [2.75, 3.05) is 0 Å². The van der Waals surface area contributed by atoms with Crippen LogP contribution in [-0.2, 0) is 0 Å². The lowest BCUT2D eigenvalue weighted by atomic mass is 10.3. The summed E-state index contributed by atoms with van der Waals surface area (Å²) in [7, 11) is 0. The number of pyridine rings is 1. The van der Waals surface area contributed by atoms with Crippen LogP contribution in [0.4, 0.5) is 0 Å². The Labute approximate surface area is 87.0 Å². The van der Waals surface area contributed by atoms with E-state index in [1.165, 1.54) is 11.3 Å². The maximum absolute atomic E-state index is 4.09.